The highest BCUT2D eigenvalue weighted by Gasteiger charge is 2.33. The molecule has 0 atom stereocenters. The van der Waals surface area contributed by atoms with Crippen molar-refractivity contribution in [1.29, 1.82) is 0 Å². The molecule has 0 aromatic carbocycles. The Morgan fingerprint density at radius 2 is 1.41 bits per heavy atom. The first-order chi connectivity index (χ1) is 10.8. The predicted octanol–water partition coefficient (Wildman–Crippen LogP) is 5.03. The third-order valence-corrected chi connectivity index (χ3v) is 9.69. The Morgan fingerprint density at radius 3 is 1.91 bits per heavy atom. The molecular weight excluding hydrogens is 311 g/mol. The van der Waals surface area contributed by atoms with Crippen LogP contribution in [0.1, 0.15) is 70.6 Å². The van der Waals surface area contributed by atoms with Gasteiger partial charge in [-0.3, -0.25) is 0 Å². The van der Waals surface area contributed by atoms with E-state index in [2.05, 4.69) is 6.08 Å². The first-order valence-corrected chi connectivity index (χ1v) is 11.4. The number of hydrogen-bond donors (Lipinski definition) is 0. The number of allylic oxidation sites excluding steroid dienone is 4. The molecule has 2 fully saturated rings. The van der Waals surface area contributed by atoms with Crippen LogP contribution < -0.4 is 0 Å². The second-order valence-corrected chi connectivity index (χ2v) is 10.7. The second-order valence-electron chi connectivity index (χ2n) is 6.89. The second kappa shape index (κ2) is 7.93. The third-order valence-electron chi connectivity index (χ3n) is 5.41. The van der Waals surface area contributed by atoms with Gasteiger partial charge in [-0.2, -0.15) is 8.42 Å². The van der Waals surface area contributed by atoms with Crippen molar-refractivity contribution in [2.45, 2.75) is 81.9 Å². The molecule has 0 heterocycles. The van der Waals surface area contributed by atoms with E-state index in [1.54, 1.807) is 6.08 Å². The zero-order chi connectivity index (χ0) is 15.4. The normalized spacial score (nSPS) is 24.6. The lowest BCUT2D eigenvalue weighted by atomic mass is 9.99. The Balaban J connectivity index is 1.85. The van der Waals surface area contributed by atoms with Crippen LogP contribution in [0, 0.1) is 0 Å². The average Bonchev–Trinajstić information content (AvgIpc) is 2.57. The molecule has 2 saturated carbocycles. The van der Waals surface area contributed by atoms with E-state index >= 15 is 0 Å². The maximum Gasteiger partial charge on any atom is 0.217 e. The SMILES string of the molecule is O=S(=O)=C1C=CC=C(P(C2CCCCC2)C2CCCCC2)C1. The van der Waals surface area contributed by atoms with E-state index < -0.39 is 10.3 Å². The van der Waals surface area contributed by atoms with E-state index in [9.17, 15) is 8.42 Å². The molecule has 0 spiro atoms. The fourth-order valence-electron chi connectivity index (χ4n) is 4.34. The summed E-state index contributed by atoms with van der Waals surface area (Å²) in [6.45, 7) is 0. The van der Waals surface area contributed by atoms with E-state index in [1.165, 1.54) is 69.5 Å². The van der Waals surface area contributed by atoms with Crippen molar-refractivity contribution < 1.29 is 8.42 Å². The first kappa shape index (κ1) is 16.5. The Kier molecular flexibility index (Phi) is 5.93. The van der Waals surface area contributed by atoms with Crippen molar-refractivity contribution in [2.75, 3.05) is 0 Å². The smallest absolute Gasteiger partial charge is 0.184 e. The zero-order valence-corrected chi connectivity index (χ0v) is 15.0. The molecule has 122 valence electrons. The van der Waals surface area contributed by atoms with Gasteiger partial charge in [-0.15, -0.1) is 0 Å². The third kappa shape index (κ3) is 3.92. The molecule has 0 aromatic rings. The van der Waals surface area contributed by atoms with Crippen molar-refractivity contribution >= 4 is 23.1 Å². The summed E-state index contributed by atoms with van der Waals surface area (Å²) < 4.78 is 22.7. The topological polar surface area (TPSA) is 34.1 Å². The summed E-state index contributed by atoms with van der Waals surface area (Å²) in [5.74, 6) is 0. The van der Waals surface area contributed by atoms with Crippen molar-refractivity contribution in [1.82, 2.24) is 0 Å². The molecule has 0 N–H and O–H groups in total. The Hall–Kier alpha value is -0.400. The van der Waals surface area contributed by atoms with Crippen molar-refractivity contribution in [2.24, 2.45) is 0 Å². The van der Waals surface area contributed by atoms with E-state index in [-0.39, 0.29) is 7.92 Å². The van der Waals surface area contributed by atoms with Crippen molar-refractivity contribution in [3.05, 3.63) is 23.5 Å². The molecule has 0 unspecified atom stereocenters. The summed E-state index contributed by atoms with van der Waals surface area (Å²) in [4.78, 5) is 0.594. The molecule has 0 aromatic heterocycles. The van der Waals surface area contributed by atoms with Crippen LogP contribution in [0.15, 0.2) is 23.5 Å². The van der Waals surface area contributed by atoms with E-state index in [0.29, 0.717) is 11.3 Å². The minimum Gasteiger partial charge on any atom is -0.184 e. The highest BCUT2D eigenvalue weighted by Crippen LogP contribution is 2.62. The molecule has 0 saturated heterocycles. The zero-order valence-electron chi connectivity index (χ0n) is 13.3. The van der Waals surface area contributed by atoms with Gasteiger partial charge in [-0.05, 0) is 48.4 Å². The summed E-state index contributed by atoms with van der Waals surface area (Å²) in [5.41, 5.74) is 1.71. The largest absolute Gasteiger partial charge is 0.217 e. The summed E-state index contributed by atoms with van der Waals surface area (Å²) in [6, 6.07) is 0. The van der Waals surface area contributed by atoms with Crippen LogP contribution in [0.3, 0.4) is 0 Å². The van der Waals surface area contributed by atoms with E-state index in [0.717, 1.165) is 11.3 Å². The van der Waals surface area contributed by atoms with Gasteiger partial charge in [-0.1, -0.05) is 58.6 Å². The summed E-state index contributed by atoms with van der Waals surface area (Å²) in [6.07, 6.45) is 20.5. The van der Waals surface area contributed by atoms with Gasteiger partial charge in [-0.25, -0.2) is 0 Å². The lowest BCUT2D eigenvalue weighted by Crippen LogP contribution is -2.22. The summed E-state index contributed by atoms with van der Waals surface area (Å²) >= 11 is 0. The molecule has 3 aliphatic carbocycles. The fourth-order valence-corrected chi connectivity index (χ4v) is 8.90. The van der Waals surface area contributed by atoms with Crippen LogP contribution in [-0.4, -0.2) is 24.6 Å². The molecule has 0 radical (unpaired) electrons. The van der Waals surface area contributed by atoms with Crippen molar-refractivity contribution in [3.8, 4) is 0 Å². The Bertz CT molecular complexity index is 550. The van der Waals surface area contributed by atoms with Gasteiger partial charge < -0.3 is 0 Å². The molecule has 0 bridgehead atoms. The van der Waals surface area contributed by atoms with E-state index in [4.69, 9.17) is 0 Å². The fraction of sp³-hybridized carbons (Fsp3) is 0.722. The van der Waals surface area contributed by atoms with Crippen molar-refractivity contribution in [3.63, 3.8) is 0 Å². The van der Waals surface area contributed by atoms with Gasteiger partial charge in [0.15, 0.2) is 0 Å². The lowest BCUT2D eigenvalue weighted by molar-refractivity contribution is 0.486. The monoisotopic (exact) mass is 338 g/mol. The molecule has 4 heteroatoms. The van der Waals surface area contributed by atoms with Crippen LogP contribution in [0.25, 0.3) is 0 Å². The predicted molar refractivity (Wildman–Crippen MR) is 96.4 cm³/mol. The van der Waals surface area contributed by atoms with Gasteiger partial charge in [0.1, 0.15) is 0 Å². The number of rotatable bonds is 3. The van der Waals surface area contributed by atoms with Gasteiger partial charge in [0.2, 0.25) is 10.3 Å². The molecule has 3 rings (SSSR count). The van der Waals surface area contributed by atoms with Gasteiger partial charge in [0.25, 0.3) is 0 Å². The standard InChI is InChI=1S/C18H27O2PS/c19-22(20)18-13-7-12-17(14-18)21(15-8-3-1-4-9-15)16-10-5-2-6-11-16/h7,12-13,15-16H,1-6,8-11,14H2. The quantitative estimate of drug-likeness (QED) is 0.534. The van der Waals surface area contributed by atoms with Crippen LogP contribution in [0.4, 0.5) is 0 Å². The maximum atomic E-state index is 11.4. The lowest BCUT2D eigenvalue weighted by Gasteiger charge is -2.40. The summed E-state index contributed by atoms with van der Waals surface area (Å²) in [7, 11) is -2.20. The maximum absolute atomic E-state index is 11.4. The van der Waals surface area contributed by atoms with E-state index in [1.807, 2.05) is 6.08 Å². The molecular formula is C18H27O2PS. The average molecular weight is 338 g/mol. The minimum absolute atomic E-state index is 0.151. The van der Waals surface area contributed by atoms with Gasteiger partial charge >= 0.3 is 0 Å². The Morgan fingerprint density at radius 1 is 0.864 bits per heavy atom. The van der Waals surface area contributed by atoms with Crippen LogP contribution in [0.5, 0.6) is 0 Å². The van der Waals surface area contributed by atoms with Gasteiger partial charge in [0, 0.05) is 6.42 Å². The summed E-state index contributed by atoms with van der Waals surface area (Å²) in [5, 5.41) is 1.47. The molecule has 0 aliphatic heterocycles. The Labute approximate surface area is 137 Å². The van der Waals surface area contributed by atoms with Gasteiger partial charge in [0.05, 0.1) is 4.86 Å². The minimum atomic E-state index is -2.05. The van der Waals surface area contributed by atoms with Crippen LogP contribution in [-0.2, 0) is 10.3 Å². The molecule has 0 amide bonds. The highest BCUT2D eigenvalue weighted by atomic mass is 32.2. The van der Waals surface area contributed by atoms with Crippen LogP contribution in [0.2, 0.25) is 0 Å². The van der Waals surface area contributed by atoms with Crippen LogP contribution >= 0.6 is 7.92 Å². The highest BCUT2D eigenvalue weighted by molar-refractivity contribution is 7.73. The first-order valence-electron chi connectivity index (χ1n) is 8.86. The number of hydrogen-bond acceptors (Lipinski definition) is 2. The molecule has 22 heavy (non-hydrogen) atoms. The molecule has 3 aliphatic rings. The molecule has 2 nitrogen and oxygen atoms in total.